The quantitative estimate of drug-likeness (QED) is 0.286. The van der Waals surface area contributed by atoms with E-state index in [1.165, 1.54) is 22.8 Å². The van der Waals surface area contributed by atoms with Crippen molar-refractivity contribution in [2.75, 3.05) is 0 Å². The van der Waals surface area contributed by atoms with E-state index in [9.17, 15) is 9.59 Å². The molecule has 0 unspecified atom stereocenters. The highest BCUT2D eigenvalue weighted by Gasteiger charge is 2.34. The van der Waals surface area contributed by atoms with E-state index in [0.717, 1.165) is 6.08 Å². The van der Waals surface area contributed by atoms with E-state index in [-0.39, 0.29) is 21.4 Å². The topological polar surface area (TPSA) is 85.3 Å². The molecule has 0 aliphatic carbocycles. The Labute approximate surface area is 210 Å². The van der Waals surface area contributed by atoms with Crippen LogP contribution in [0, 0.1) is 0 Å². The molecule has 9 heteroatoms. The molecule has 2 aromatic carbocycles. The number of hydrogen-bond acceptors (Lipinski definition) is 4. The molecule has 0 saturated heterocycles. The second-order valence-electron chi connectivity index (χ2n) is 8.67. The van der Waals surface area contributed by atoms with E-state index in [4.69, 9.17) is 44.4 Å². The molecule has 34 heavy (non-hydrogen) atoms. The van der Waals surface area contributed by atoms with Gasteiger partial charge in [-0.2, -0.15) is 0 Å². The largest absolute Gasteiger partial charge is 0.478 e. The van der Waals surface area contributed by atoms with Gasteiger partial charge in [0.15, 0.2) is 5.76 Å². The Hall–Kier alpha value is -3.06. The third-order valence-corrected chi connectivity index (χ3v) is 6.06. The molecule has 0 saturated carbocycles. The minimum atomic E-state index is -1.06. The van der Waals surface area contributed by atoms with Gasteiger partial charge in [-0.1, -0.05) is 72.9 Å². The molecule has 0 radical (unpaired) electrons. The van der Waals surface area contributed by atoms with Crippen LogP contribution in [-0.4, -0.2) is 26.7 Å². The first kappa shape index (κ1) is 24.1. The van der Waals surface area contributed by atoms with Crippen LogP contribution in [0.2, 0.25) is 15.1 Å². The Morgan fingerprint density at radius 2 is 1.76 bits per heavy atom. The first-order chi connectivity index (χ1) is 16.0. The van der Waals surface area contributed by atoms with E-state index >= 15 is 0 Å². The lowest BCUT2D eigenvalue weighted by Crippen LogP contribution is -2.20. The Balaban J connectivity index is 1.95. The van der Waals surface area contributed by atoms with Gasteiger partial charge in [-0.05, 0) is 35.9 Å². The Kier molecular flexibility index (Phi) is 6.34. The van der Waals surface area contributed by atoms with Gasteiger partial charge in [-0.15, -0.1) is 0 Å². The molecule has 6 nitrogen and oxygen atoms in total. The number of benzene rings is 2. The summed E-state index contributed by atoms with van der Waals surface area (Å²) in [6.45, 7) is 5.75. The van der Waals surface area contributed by atoms with Gasteiger partial charge >= 0.3 is 5.97 Å². The van der Waals surface area contributed by atoms with Gasteiger partial charge in [0.1, 0.15) is 11.3 Å². The fraction of sp³-hybridized carbons (Fsp3) is 0.160. The van der Waals surface area contributed by atoms with Gasteiger partial charge < -0.3 is 9.63 Å². The number of aromatic nitrogens is 2. The van der Waals surface area contributed by atoms with E-state index in [1.54, 1.807) is 30.5 Å². The maximum atomic E-state index is 13.9. The van der Waals surface area contributed by atoms with Gasteiger partial charge in [0.05, 0.1) is 21.1 Å². The van der Waals surface area contributed by atoms with Crippen molar-refractivity contribution in [1.82, 2.24) is 9.72 Å². The molecule has 0 aliphatic heterocycles. The van der Waals surface area contributed by atoms with E-state index < -0.39 is 17.3 Å². The predicted molar refractivity (Wildman–Crippen MR) is 134 cm³/mol. The van der Waals surface area contributed by atoms with E-state index in [0.29, 0.717) is 32.7 Å². The van der Waals surface area contributed by atoms with Crippen LogP contribution in [0.5, 0.6) is 0 Å². The maximum absolute atomic E-state index is 13.9. The number of rotatable bonds is 4. The molecule has 0 fully saturated rings. The van der Waals surface area contributed by atoms with Crippen LogP contribution >= 0.6 is 34.8 Å². The minimum absolute atomic E-state index is 0.144. The number of aliphatic carboxylic acids is 1. The third-order valence-electron chi connectivity index (χ3n) is 5.24. The summed E-state index contributed by atoms with van der Waals surface area (Å²) >= 11 is 18.9. The number of carbonyl (C=O) groups is 2. The normalized spacial score (nSPS) is 12.1. The summed E-state index contributed by atoms with van der Waals surface area (Å²) in [5.41, 5.74) is 1.72. The Bertz CT molecular complexity index is 1450. The summed E-state index contributed by atoms with van der Waals surface area (Å²) in [7, 11) is 0. The average Bonchev–Trinajstić information content (AvgIpc) is 3.36. The number of carbonyl (C=O) groups excluding carboxylic acids is 1. The van der Waals surface area contributed by atoms with Crippen LogP contribution < -0.4 is 0 Å². The van der Waals surface area contributed by atoms with Crippen LogP contribution in [-0.2, 0) is 10.2 Å². The van der Waals surface area contributed by atoms with E-state index in [2.05, 4.69) is 5.16 Å². The molecule has 4 rings (SSSR count). The zero-order valence-electron chi connectivity index (χ0n) is 18.4. The molecule has 0 atom stereocenters. The molecule has 0 bridgehead atoms. The van der Waals surface area contributed by atoms with Crippen molar-refractivity contribution in [3.05, 3.63) is 80.6 Å². The lowest BCUT2D eigenvalue weighted by Gasteiger charge is -2.17. The fourth-order valence-electron chi connectivity index (χ4n) is 3.73. The van der Waals surface area contributed by atoms with Crippen molar-refractivity contribution >= 4 is 63.7 Å². The van der Waals surface area contributed by atoms with Crippen molar-refractivity contribution in [2.24, 2.45) is 0 Å². The van der Waals surface area contributed by atoms with Gasteiger partial charge in [0, 0.05) is 28.1 Å². The molecular formula is C25H19Cl3N2O4. The summed E-state index contributed by atoms with van der Waals surface area (Å²) in [5.74, 6) is -1.31. The Morgan fingerprint density at radius 3 is 2.38 bits per heavy atom. The van der Waals surface area contributed by atoms with Gasteiger partial charge in [0.2, 0.25) is 0 Å². The first-order valence-electron chi connectivity index (χ1n) is 10.2. The van der Waals surface area contributed by atoms with Crippen LogP contribution in [0.25, 0.3) is 28.3 Å². The number of halogens is 3. The lowest BCUT2D eigenvalue weighted by molar-refractivity contribution is -0.131. The average molecular weight is 518 g/mol. The van der Waals surface area contributed by atoms with Crippen LogP contribution in [0.1, 0.15) is 42.4 Å². The van der Waals surface area contributed by atoms with Gasteiger partial charge in [-0.25, -0.2) is 4.79 Å². The molecular weight excluding hydrogens is 499 g/mol. The molecule has 2 heterocycles. The number of carboxylic acid groups (broad SMARTS) is 1. The summed E-state index contributed by atoms with van der Waals surface area (Å²) < 4.78 is 7.13. The zero-order valence-corrected chi connectivity index (χ0v) is 20.7. The summed E-state index contributed by atoms with van der Waals surface area (Å²) in [6.07, 6.45) is 4.16. The van der Waals surface area contributed by atoms with Crippen LogP contribution in [0.4, 0.5) is 0 Å². The highest BCUT2D eigenvalue weighted by Crippen LogP contribution is 2.42. The summed E-state index contributed by atoms with van der Waals surface area (Å²) in [4.78, 5) is 24.9. The zero-order chi connectivity index (χ0) is 24.8. The molecule has 0 aliphatic rings. The second kappa shape index (κ2) is 8.95. The molecule has 0 amide bonds. The predicted octanol–water partition coefficient (Wildman–Crippen LogP) is 7.34. The summed E-state index contributed by atoms with van der Waals surface area (Å²) in [6, 6.07) is 10.1. The van der Waals surface area contributed by atoms with Gasteiger partial charge in [-0.3, -0.25) is 9.36 Å². The highest BCUT2D eigenvalue weighted by molar-refractivity contribution is 6.42. The summed E-state index contributed by atoms with van der Waals surface area (Å²) in [5, 5.41) is 14.7. The highest BCUT2D eigenvalue weighted by atomic mass is 35.5. The smallest absolute Gasteiger partial charge is 0.328 e. The van der Waals surface area contributed by atoms with Crippen molar-refractivity contribution in [1.29, 1.82) is 0 Å². The monoisotopic (exact) mass is 516 g/mol. The SMILES string of the molecule is CC(C)(C)c1noc(-c2c(Cl)cc(Cl)cc2Cl)c1C(=O)n1ccc2c(/C=C/C(=O)O)cccc21. The van der Waals surface area contributed by atoms with Crippen LogP contribution in [0.3, 0.4) is 0 Å². The standard InChI is InChI=1S/C25H19Cl3N2O4/c1-25(2,3)23-21(22(34-29-23)20-16(27)11-14(26)12-17(20)28)24(33)30-10-9-15-13(7-8-19(31)32)5-4-6-18(15)30/h4-12H,1-3H3,(H,31,32)/b8-7+. The van der Waals surface area contributed by atoms with Crippen molar-refractivity contribution in [3.8, 4) is 11.3 Å². The Morgan fingerprint density at radius 1 is 1.09 bits per heavy atom. The van der Waals surface area contributed by atoms with Crippen LogP contribution in [0.15, 0.2) is 53.2 Å². The number of hydrogen-bond donors (Lipinski definition) is 1. The maximum Gasteiger partial charge on any atom is 0.328 e. The first-order valence-corrected chi connectivity index (χ1v) is 11.3. The number of nitrogens with zero attached hydrogens (tertiary/aromatic N) is 2. The molecule has 4 aromatic rings. The van der Waals surface area contributed by atoms with Crippen molar-refractivity contribution in [3.63, 3.8) is 0 Å². The molecule has 174 valence electrons. The minimum Gasteiger partial charge on any atom is -0.478 e. The third kappa shape index (κ3) is 4.37. The molecule has 1 N–H and O–H groups in total. The number of fused-ring (bicyclic) bond motifs is 1. The second-order valence-corrected chi connectivity index (χ2v) is 9.92. The molecule has 2 aromatic heterocycles. The van der Waals surface area contributed by atoms with E-state index in [1.807, 2.05) is 20.8 Å². The lowest BCUT2D eigenvalue weighted by atomic mass is 9.87. The fourth-order valence-corrected chi connectivity index (χ4v) is 4.71. The van der Waals surface area contributed by atoms with Gasteiger partial charge in [0.25, 0.3) is 5.91 Å². The van der Waals surface area contributed by atoms with Crippen molar-refractivity contribution in [2.45, 2.75) is 26.2 Å². The number of carboxylic acids is 1. The molecule has 0 spiro atoms. The van der Waals surface area contributed by atoms with Crippen molar-refractivity contribution < 1.29 is 19.2 Å².